The highest BCUT2D eigenvalue weighted by molar-refractivity contribution is 9.10. The molecule has 0 spiro atoms. The van der Waals surface area contributed by atoms with Crippen LogP contribution in [0.15, 0.2) is 90.6 Å². The number of nitrogens with zero attached hydrogens (tertiary/aromatic N) is 2. The number of ether oxygens (including phenoxy) is 2. The number of thiazole rings is 1. The normalized spacial score (nSPS) is 15.4. The number of allylic oxidation sites excluding steroid dienone is 1. The van der Waals surface area contributed by atoms with Gasteiger partial charge in [-0.25, -0.2) is 9.79 Å². The molecule has 0 N–H and O–H groups in total. The lowest BCUT2D eigenvalue weighted by Gasteiger charge is -2.24. The van der Waals surface area contributed by atoms with Gasteiger partial charge in [0, 0.05) is 16.1 Å². The molecule has 0 fully saturated rings. The zero-order chi connectivity index (χ0) is 26.1. The highest BCUT2D eigenvalue weighted by Crippen LogP contribution is 2.31. The summed E-state index contributed by atoms with van der Waals surface area (Å²) < 4.78 is 19.6. The molecule has 188 valence electrons. The van der Waals surface area contributed by atoms with Crippen molar-refractivity contribution in [1.82, 2.24) is 4.57 Å². The Morgan fingerprint density at radius 1 is 1.19 bits per heavy atom. The van der Waals surface area contributed by atoms with E-state index in [4.69, 9.17) is 13.9 Å². The number of fused-ring (bicyclic) bond motifs is 1. The number of carbonyl (C=O) groups excluding carboxylic acids is 1. The van der Waals surface area contributed by atoms with Gasteiger partial charge in [0.1, 0.15) is 17.3 Å². The van der Waals surface area contributed by atoms with Crippen molar-refractivity contribution in [3.63, 3.8) is 0 Å². The van der Waals surface area contributed by atoms with E-state index in [9.17, 15) is 9.59 Å². The molecule has 37 heavy (non-hydrogen) atoms. The minimum absolute atomic E-state index is 0.216. The fourth-order valence-electron chi connectivity index (χ4n) is 4.25. The minimum Gasteiger partial charge on any atom is -0.497 e. The fourth-order valence-corrected chi connectivity index (χ4v) is 5.68. The third-order valence-electron chi connectivity index (χ3n) is 5.96. The Labute approximate surface area is 225 Å². The van der Waals surface area contributed by atoms with Crippen LogP contribution in [0.3, 0.4) is 0 Å². The van der Waals surface area contributed by atoms with Gasteiger partial charge in [0.25, 0.3) is 5.56 Å². The van der Waals surface area contributed by atoms with Gasteiger partial charge in [-0.1, -0.05) is 51.5 Å². The van der Waals surface area contributed by atoms with E-state index in [0.717, 1.165) is 15.6 Å². The Hall–Kier alpha value is -3.69. The lowest BCUT2D eigenvalue weighted by molar-refractivity contribution is -0.139. The van der Waals surface area contributed by atoms with Gasteiger partial charge in [0.15, 0.2) is 4.80 Å². The van der Waals surface area contributed by atoms with E-state index in [-0.39, 0.29) is 12.2 Å². The smallest absolute Gasteiger partial charge is 0.338 e. The van der Waals surface area contributed by atoms with Crippen LogP contribution in [0, 0.1) is 0 Å². The molecule has 2 aromatic heterocycles. The largest absolute Gasteiger partial charge is 0.497 e. The van der Waals surface area contributed by atoms with Crippen LogP contribution in [0.1, 0.15) is 31.2 Å². The number of halogens is 1. The number of aromatic nitrogens is 1. The molecule has 2 aromatic carbocycles. The van der Waals surface area contributed by atoms with Gasteiger partial charge in [-0.3, -0.25) is 9.36 Å². The predicted octanol–water partition coefficient (Wildman–Crippen LogP) is 4.83. The number of esters is 1. The first-order valence-electron chi connectivity index (χ1n) is 11.6. The van der Waals surface area contributed by atoms with Gasteiger partial charge in [-0.05, 0) is 55.8 Å². The number of methoxy groups -OCH3 is 1. The lowest BCUT2D eigenvalue weighted by Crippen LogP contribution is -2.39. The monoisotopic (exact) mass is 578 g/mol. The predicted molar refractivity (Wildman–Crippen MR) is 145 cm³/mol. The molecule has 3 heterocycles. The van der Waals surface area contributed by atoms with Crippen LogP contribution in [0.25, 0.3) is 17.4 Å². The van der Waals surface area contributed by atoms with Gasteiger partial charge in [-0.2, -0.15) is 0 Å². The molecule has 1 aliphatic heterocycles. The minimum atomic E-state index is -0.683. The fraction of sp³-hybridized carbons (Fsp3) is 0.179. The maximum absolute atomic E-state index is 13.7. The molecular formula is C28H23BrN2O5S. The average molecular weight is 579 g/mol. The second-order valence-corrected chi connectivity index (χ2v) is 10.2. The number of rotatable bonds is 6. The van der Waals surface area contributed by atoms with Crippen molar-refractivity contribution in [3.8, 4) is 17.1 Å². The van der Waals surface area contributed by atoms with Gasteiger partial charge < -0.3 is 13.9 Å². The molecule has 0 amide bonds. The standard InChI is InChI=1S/C28H23BrN2O5S/c1-4-35-27(33)24-16(2)30-28-31(25(24)17-8-10-20(34-3)11-9-17)26(32)23(37-28)15-21-12-13-22(36-21)18-6-5-7-19(29)14-18/h5-15,25H,4H2,1-3H3/b23-15+/t25-/m0/s1. The quantitative estimate of drug-likeness (QED) is 0.306. The topological polar surface area (TPSA) is 83.0 Å². The van der Waals surface area contributed by atoms with Crippen molar-refractivity contribution in [2.75, 3.05) is 13.7 Å². The Morgan fingerprint density at radius 3 is 2.68 bits per heavy atom. The SMILES string of the molecule is CCOC(=O)C1=C(C)N=c2s/c(=C/c3ccc(-c4cccc(Br)c4)o3)c(=O)n2[C@H]1c1ccc(OC)cc1. The molecule has 0 radical (unpaired) electrons. The lowest BCUT2D eigenvalue weighted by atomic mass is 9.96. The van der Waals surface area contributed by atoms with Crippen LogP contribution in [-0.4, -0.2) is 24.3 Å². The van der Waals surface area contributed by atoms with Crippen molar-refractivity contribution in [2.24, 2.45) is 4.99 Å². The van der Waals surface area contributed by atoms with E-state index in [1.165, 1.54) is 11.3 Å². The van der Waals surface area contributed by atoms with Gasteiger partial charge in [0.2, 0.25) is 0 Å². The van der Waals surface area contributed by atoms with E-state index in [2.05, 4.69) is 20.9 Å². The summed E-state index contributed by atoms with van der Waals surface area (Å²) in [6.07, 6.45) is 1.71. The molecule has 0 aliphatic carbocycles. The van der Waals surface area contributed by atoms with E-state index in [1.54, 1.807) is 43.7 Å². The van der Waals surface area contributed by atoms with E-state index in [1.807, 2.05) is 48.5 Å². The van der Waals surface area contributed by atoms with Crippen molar-refractivity contribution >= 4 is 39.3 Å². The van der Waals surface area contributed by atoms with E-state index < -0.39 is 12.0 Å². The maximum atomic E-state index is 13.7. The molecule has 0 unspecified atom stereocenters. The molecule has 4 aromatic rings. The molecule has 5 rings (SSSR count). The van der Waals surface area contributed by atoms with Crippen LogP contribution < -0.4 is 19.6 Å². The Kier molecular flexibility index (Phi) is 6.99. The van der Waals surface area contributed by atoms with E-state index in [0.29, 0.717) is 37.9 Å². The maximum Gasteiger partial charge on any atom is 0.338 e. The first-order valence-corrected chi connectivity index (χ1v) is 13.2. The van der Waals surface area contributed by atoms with Crippen molar-refractivity contribution < 1.29 is 18.7 Å². The molecule has 9 heteroatoms. The zero-order valence-corrected chi connectivity index (χ0v) is 22.8. The summed E-state index contributed by atoms with van der Waals surface area (Å²) in [7, 11) is 1.59. The molecule has 0 saturated heterocycles. The Bertz CT molecular complexity index is 1700. The Balaban J connectivity index is 1.63. The van der Waals surface area contributed by atoms with Crippen LogP contribution in [0.4, 0.5) is 0 Å². The molecule has 0 saturated carbocycles. The van der Waals surface area contributed by atoms with Crippen molar-refractivity contribution in [2.45, 2.75) is 19.9 Å². The Morgan fingerprint density at radius 2 is 1.97 bits per heavy atom. The number of furan rings is 1. The molecule has 1 atom stereocenters. The van der Waals surface area contributed by atoms with E-state index >= 15 is 0 Å². The third-order valence-corrected chi connectivity index (χ3v) is 7.43. The first-order chi connectivity index (χ1) is 17.9. The summed E-state index contributed by atoms with van der Waals surface area (Å²) in [5, 5.41) is 0. The molecule has 1 aliphatic rings. The number of benzene rings is 2. The van der Waals surface area contributed by atoms with Crippen LogP contribution in [0.5, 0.6) is 5.75 Å². The summed E-state index contributed by atoms with van der Waals surface area (Å²) in [5.41, 5.74) is 2.26. The van der Waals surface area contributed by atoms with Crippen molar-refractivity contribution in [1.29, 1.82) is 0 Å². The molecule has 0 bridgehead atoms. The van der Waals surface area contributed by atoms with Gasteiger partial charge in [-0.15, -0.1) is 0 Å². The van der Waals surface area contributed by atoms with Gasteiger partial charge in [0.05, 0.1) is 35.6 Å². The summed E-state index contributed by atoms with van der Waals surface area (Å²) in [6, 6.07) is 18.1. The highest BCUT2D eigenvalue weighted by Gasteiger charge is 2.33. The number of hydrogen-bond acceptors (Lipinski definition) is 7. The summed E-state index contributed by atoms with van der Waals surface area (Å²) >= 11 is 4.73. The first kappa shape index (κ1) is 25.0. The summed E-state index contributed by atoms with van der Waals surface area (Å²) in [5.74, 6) is 1.41. The molecule has 7 nitrogen and oxygen atoms in total. The average Bonchev–Trinajstić information content (AvgIpc) is 3.48. The third kappa shape index (κ3) is 4.84. The van der Waals surface area contributed by atoms with Crippen LogP contribution >= 0.6 is 27.3 Å². The van der Waals surface area contributed by atoms with Crippen molar-refractivity contribution in [3.05, 3.63) is 107 Å². The highest BCUT2D eigenvalue weighted by atomic mass is 79.9. The summed E-state index contributed by atoms with van der Waals surface area (Å²) in [6.45, 7) is 3.72. The molecular weight excluding hydrogens is 556 g/mol. The van der Waals surface area contributed by atoms with Gasteiger partial charge >= 0.3 is 5.97 Å². The second-order valence-electron chi connectivity index (χ2n) is 8.29. The second kappa shape index (κ2) is 10.4. The number of carbonyl (C=O) groups is 1. The van der Waals surface area contributed by atoms with Crippen LogP contribution in [0.2, 0.25) is 0 Å². The number of hydrogen-bond donors (Lipinski definition) is 0. The van der Waals surface area contributed by atoms with Crippen LogP contribution in [-0.2, 0) is 9.53 Å². The summed E-state index contributed by atoms with van der Waals surface area (Å²) in [4.78, 5) is 31.8. The zero-order valence-electron chi connectivity index (χ0n) is 20.4.